The maximum Gasteiger partial charge on any atom is 0.266 e. The van der Waals surface area contributed by atoms with Crippen LogP contribution < -0.4 is 24.3 Å². The highest BCUT2D eigenvalue weighted by Crippen LogP contribution is 2.38. The summed E-state index contributed by atoms with van der Waals surface area (Å²) in [5.41, 5.74) is 1.04. The van der Waals surface area contributed by atoms with Crippen LogP contribution in [0.25, 0.3) is 6.08 Å². The van der Waals surface area contributed by atoms with Crippen molar-refractivity contribution in [3.05, 3.63) is 47.5 Å². The standard InChI is InChI=1S/C20H20N2O5/c1-24-16-7-5-15(6-8-16)22-20(23)14(12-21)9-13-10-17(25-2)19(27-4)18(11-13)26-3/h5-11H,1-4H3,(H,22,23)/b14-9+. The molecule has 140 valence electrons. The Morgan fingerprint density at radius 1 is 0.963 bits per heavy atom. The zero-order valence-corrected chi connectivity index (χ0v) is 15.5. The molecule has 7 heteroatoms. The van der Waals surface area contributed by atoms with Gasteiger partial charge in [0, 0.05) is 5.69 Å². The Kier molecular flexibility index (Phi) is 6.67. The van der Waals surface area contributed by atoms with Crippen LogP contribution in [0, 0.1) is 11.3 Å². The molecule has 1 N–H and O–H groups in total. The van der Waals surface area contributed by atoms with Crippen molar-refractivity contribution in [3.8, 4) is 29.1 Å². The number of anilines is 1. The van der Waals surface area contributed by atoms with Crippen LogP contribution in [0.1, 0.15) is 5.56 Å². The molecule has 0 saturated heterocycles. The van der Waals surface area contributed by atoms with Crippen LogP contribution in [-0.4, -0.2) is 34.3 Å². The van der Waals surface area contributed by atoms with Gasteiger partial charge < -0.3 is 24.3 Å². The Morgan fingerprint density at radius 2 is 1.56 bits per heavy atom. The number of ether oxygens (including phenoxy) is 4. The smallest absolute Gasteiger partial charge is 0.266 e. The molecule has 0 aliphatic carbocycles. The predicted molar refractivity (Wildman–Crippen MR) is 101 cm³/mol. The minimum absolute atomic E-state index is 0.0694. The molecule has 0 saturated carbocycles. The summed E-state index contributed by atoms with van der Waals surface area (Å²) in [6.45, 7) is 0. The van der Waals surface area contributed by atoms with E-state index < -0.39 is 5.91 Å². The predicted octanol–water partition coefficient (Wildman–Crippen LogP) is 3.27. The first-order chi connectivity index (χ1) is 13.1. The van der Waals surface area contributed by atoms with Gasteiger partial charge in [-0.1, -0.05) is 0 Å². The number of methoxy groups -OCH3 is 4. The number of benzene rings is 2. The minimum Gasteiger partial charge on any atom is -0.497 e. The maximum atomic E-state index is 12.4. The molecule has 0 radical (unpaired) electrons. The second kappa shape index (κ2) is 9.15. The fraction of sp³-hybridized carbons (Fsp3) is 0.200. The van der Waals surface area contributed by atoms with Gasteiger partial charge in [-0.15, -0.1) is 0 Å². The van der Waals surface area contributed by atoms with Crippen LogP contribution in [0.3, 0.4) is 0 Å². The molecule has 2 rings (SSSR count). The summed E-state index contributed by atoms with van der Waals surface area (Å²) in [5.74, 6) is 1.42. The van der Waals surface area contributed by atoms with E-state index in [1.165, 1.54) is 27.4 Å². The van der Waals surface area contributed by atoms with Crippen LogP contribution >= 0.6 is 0 Å². The third-order valence-electron chi connectivity index (χ3n) is 3.71. The van der Waals surface area contributed by atoms with E-state index in [1.807, 2.05) is 6.07 Å². The van der Waals surface area contributed by atoms with Crippen molar-refractivity contribution in [2.75, 3.05) is 33.8 Å². The summed E-state index contributed by atoms with van der Waals surface area (Å²) in [6, 6.07) is 12.0. The van der Waals surface area contributed by atoms with E-state index in [0.29, 0.717) is 34.2 Å². The molecule has 27 heavy (non-hydrogen) atoms. The summed E-state index contributed by atoms with van der Waals surface area (Å²) < 4.78 is 20.9. The molecule has 0 aromatic heterocycles. The van der Waals surface area contributed by atoms with Gasteiger partial charge in [0.25, 0.3) is 5.91 Å². The quantitative estimate of drug-likeness (QED) is 0.596. The molecule has 0 heterocycles. The highest BCUT2D eigenvalue weighted by molar-refractivity contribution is 6.09. The van der Waals surface area contributed by atoms with Crippen molar-refractivity contribution >= 4 is 17.7 Å². The minimum atomic E-state index is -0.531. The number of carbonyl (C=O) groups excluding carboxylic acids is 1. The fourth-order valence-corrected chi connectivity index (χ4v) is 2.37. The lowest BCUT2D eigenvalue weighted by atomic mass is 10.1. The highest BCUT2D eigenvalue weighted by Gasteiger charge is 2.15. The van der Waals surface area contributed by atoms with Gasteiger partial charge in [0.2, 0.25) is 5.75 Å². The van der Waals surface area contributed by atoms with Crippen molar-refractivity contribution in [2.45, 2.75) is 0 Å². The Bertz CT molecular complexity index is 857. The lowest BCUT2D eigenvalue weighted by Gasteiger charge is -2.13. The molecule has 0 aliphatic rings. The Morgan fingerprint density at radius 3 is 2.00 bits per heavy atom. The maximum absolute atomic E-state index is 12.4. The normalized spacial score (nSPS) is 10.6. The first kappa shape index (κ1) is 19.7. The molecular weight excluding hydrogens is 348 g/mol. The summed E-state index contributed by atoms with van der Waals surface area (Å²) >= 11 is 0. The average Bonchev–Trinajstić information content (AvgIpc) is 2.71. The van der Waals surface area contributed by atoms with Gasteiger partial charge in [0.1, 0.15) is 17.4 Å². The lowest BCUT2D eigenvalue weighted by molar-refractivity contribution is -0.112. The van der Waals surface area contributed by atoms with E-state index >= 15 is 0 Å². The number of hydrogen-bond acceptors (Lipinski definition) is 6. The summed E-state index contributed by atoms with van der Waals surface area (Å²) in [5, 5.41) is 12.1. The summed E-state index contributed by atoms with van der Waals surface area (Å²) in [7, 11) is 6.04. The molecule has 2 aromatic carbocycles. The molecular formula is C20H20N2O5. The third-order valence-corrected chi connectivity index (χ3v) is 3.71. The molecule has 0 unspecified atom stereocenters. The number of rotatable bonds is 7. The van der Waals surface area contributed by atoms with E-state index in [2.05, 4.69) is 5.32 Å². The molecule has 0 bridgehead atoms. The van der Waals surface area contributed by atoms with Gasteiger partial charge in [0.15, 0.2) is 11.5 Å². The Hall–Kier alpha value is -3.66. The van der Waals surface area contributed by atoms with Crippen molar-refractivity contribution in [2.24, 2.45) is 0 Å². The van der Waals surface area contributed by atoms with Gasteiger partial charge >= 0.3 is 0 Å². The second-order valence-electron chi connectivity index (χ2n) is 5.31. The molecule has 1 amide bonds. The highest BCUT2D eigenvalue weighted by atomic mass is 16.5. The first-order valence-corrected chi connectivity index (χ1v) is 7.93. The van der Waals surface area contributed by atoms with Gasteiger partial charge in [-0.2, -0.15) is 5.26 Å². The molecule has 0 aliphatic heterocycles. The molecule has 0 spiro atoms. The second-order valence-corrected chi connectivity index (χ2v) is 5.31. The number of amides is 1. The van der Waals surface area contributed by atoms with Crippen molar-refractivity contribution in [3.63, 3.8) is 0 Å². The number of hydrogen-bond donors (Lipinski definition) is 1. The number of nitrogens with one attached hydrogen (secondary N) is 1. The zero-order valence-electron chi connectivity index (χ0n) is 15.5. The number of nitrogens with zero attached hydrogens (tertiary/aromatic N) is 1. The van der Waals surface area contributed by atoms with Crippen LogP contribution in [0.2, 0.25) is 0 Å². The van der Waals surface area contributed by atoms with Crippen LogP contribution in [0.4, 0.5) is 5.69 Å². The molecule has 0 atom stereocenters. The van der Waals surface area contributed by atoms with E-state index in [1.54, 1.807) is 43.5 Å². The molecule has 2 aromatic rings. The van der Waals surface area contributed by atoms with E-state index in [4.69, 9.17) is 18.9 Å². The average molecular weight is 368 g/mol. The van der Waals surface area contributed by atoms with Crippen molar-refractivity contribution in [1.82, 2.24) is 0 Å². The molecule has 0 fully saturated rings. The van der Waals surface area contributed by atoms with Crippen LogP contribution in [-0.2, 0) is 4.79 Å². The number of nitriles is 1. The lowest BCUT2D eigenvalue weighted by Crippen LogP contribution is -2.13. The monoisotopic (exact) mass is 368 g/mol. The summed E-state index contributed by atoms with van der Waals surface area (Å²) in [4.78, 5) is 12.4. The first-order valence-electron chi connectivity index (χ1n) is 7.93. The Labute approximate surface area is 157 Å². The number of carbonyl (C=O) groups is 1. The van der Waals surface area contributed by atoms with E-state index in [0.717, 1.165) is 0 Å². The zero-order chi connectivity index (χ0) is 19.8. The van der Waals surface area contributed by atoms with Crippen molar-refractivity contribution in [1.29, 1.82) is 5.26 Å². The van der Waals surface area contributed by atoms with Gasteiger partial charge in [-0.3, -0.25) is 4.79 Å². The fourth-order valence-electron chi connectivity index (χ4n) is 2.37. The van der Waals surface area contributed by atoms with Gasteiger partial charge in [-0.05, 0) is 48.0 Å². The van der Waals surface area contributed by atoms with Crippen molar-refractivity contribution < 1.29 is 23.7 Å². The van der Waals surface area contributed by atoms with Crippen LogP contribution in [0.15, 0.2) is 42.0 Å². The van der Waals surface area contributed by atoms with Gasteiger partial charge in [0.05, 0.1) is 28.4 Å². The Balaban J connectivity index is 2.31. The SMILES string of the molecule is COc1ccc(NC(=O)/C(C#N)=C/c2cc(OC)c(OC)c(OC)c2)cc1. The topological polar surface area (TPSA) is 89.8 Å². The van der Waals surface area contributed by atoms with Crippen LogP contribution in [0.5, 0.6) is 23.0 Å². The van der Waals surface area contributed by atoms with E-state index in [9.17, 15) is 10.1 Å². The third kappa shape index (κ3) is 4.70. The molecule has 7 nitrogen and oxygen atoms in total. The summed E-state index contributed by atoms with van der Waals surface area (Å²) in [6.07, 6.45) is 1.45. The van der Waals surface area contributed by atoms with Gasteiger partial charge in [-0.25, -0.2) is 0 Å². The largest absolute Gasteiger partial charge is 0.497 e. The van der Waals surface area contributed by atoms with E-state index in [-0.39, 0.29) is 5.57 Å².